The Morgan fingerprint density at radius 2 is 2.29 bits per heavy atom. The molecule has 0 unspecified atom stereocenters. The molecule has 0 radical (unpaired) electrons. The predicted octanol–water partition coefficient (Wildman–Crippen LogP) is 0.617. The minimum Gasteiger partial charge on any atom is -0.423 e. The molecule has 0 bridgehead atoms. The smallest absolute Gasteiger partial charge is 0.423 e. The molecule has 21 heavy (non-hydrogen) atoms. The first-order valence-corrected chi connectivity index (χ1v) is 7.03. The van der Waals surface area contributed by atoms with Crippen LogP contribution < -0.4 is 11.2 Å². The second-order valence-corrected chi connectivity index (χ2v) is 5.17. The number of nitrogens with zero attached hydrogens (tertiary/aromatic N) is 1. The van der Waals surface area contributed by atoms with Crippen LogP contribution in [0.4, 0.5) is 0 Å². The molecule has 0 aliphatic carbocycles. The average Bonchev–Trinajstić information content (AvgIpc) is 3.12. The number of hydrogen-bond donors (Lipinski definition) is 2. The van der Waals surface area contributed by atoms with Gasteiger partial charge in [0, 0.05) is 30.1 Å². The summed E-state index contributed by atoms with van der Waals surface area (Å²) in [4.78, 5) is 12.0. The van der Waals surface area contributed by atoms with Crippen LogP contribution in [0.1, 0.15) is 28.8 Å². The Bertz CT molecular complexity index is 669. The summed E-state index contributed by atoms with van der Waals surface area (Å²) in [7, 11) is -0.860. The first-order chi connectivity index (χ1) is 10.2. The summed E-state index contributed by atoms with van der Waals surface area (Å²) in [5.74, 6) is 0.101. The van der Waals surface area contributed by atoms with Crippen molar-refractivity contribution < 1.29 is 14.5 Å². The molecule has 0 spiro atoms. The number of hydrogen-bond acceptors (Lipinski definition) is 4. The molecule has 0 amide bonds. The number of rotatable bonds is 5. The fourth-order valence-corrected chi connectivity index (χ4v) is 2.49. The van der Waals surface area contributed by atoms with Crippen LogP contribution in [-0.4, -0.2) is 29.0 Å². The third kappa shape index (κ3) is 2.78. The minimum atomic E-state index is -0.860. The molecule has 1 aliphatic heterocycles. The van der Waals surface area contributed by atoms with Gasteiger partial charge in [0.2, 0.25) is 0 Å². The van der Waals surface area contributed by atoms with Gasteiger partial charge in [-0.1, -0.05) is 6.07 Å². The zero-order valence-corrected chi connectivity index (χ0v) is 11.7. The highest BCUT2D eigenvalue weighted by molar-refractivity contribution is 6.61. The van der Waals surface area contributed by atoms with Crippen LogP contribution in [0.5, 0.6) is 0 Å². The van der Waals surface area contributed by atoms with E-state index in [0.29, 0.717) is 31.6 Å². The molecule has 2 aromatic rings. The van der Waals surface area contributed by atoms with Crippen molar-refractivity contribution in [2.45, 2.75) is 19.4 Å². The van der Waals surface area contributed by atoms with E-state index in [1.54, 1.807) is 6.07 Å². The molecule has 0 fully saturated rings. The maximum absolute atomic E-state index is 12.0. The topological polar surface area (TPSA) is 77.5 Å². The normalized spacial score (nSPS) is 13.5. The summed E-state index contributed by atoms with van der Waals surface area (Å²) >= 11 is 0. The van der Waals surface area contributed by atoms with Crippen LogP contribution in [-0.2, 0) is 11.3 Å². The highest BCUT2D eigenvalue weighted by Crippen LogP contribution is 2.16. The highest BCUT2D eigenvalue weighted by atomic mass is 16.5. The van der Waals surface area contributed by atoms with Crippen molar-refractivity contribution in [3.8, 4) is 5.69 Å². The van der Waals surface area contributed by atoms with Crippen LogP contribution in [0.15, 0.2) is 36.7 Å². The maximum Gasteiger partial charge on any atom is 0.491 e. The van der Waals surface area contributed by atoms with E-state index in [1.165, 1.54) is 0 Å². The summed E-state index contributed by atoms with van der Waals surface area (Å²) in [6.45, 7) is 0.959. The van der Waals surface area contributed by atoms with Gasteiger partial charge in [-0.05, 0) is 42.2 Å². The Kier molecular flexibility index (Phi) is 3.92. The third-order valence-electron chi connectivity index (χ3n) is 3.71. The standard InChI is InChI=1S/C15H17BN2O3/c17-6-1-2-15(19)11-5-7-18(9-11)13-4-3-12-10-21-16(20)14(12)8-13/h3-5,7-9,20H,1-2,6,10,17H2. The first kappa shape index (κ1) is 14.1. The third-order valence-corrected chi connectivity index (χ3v) is 3.71. The van der Waals surface area contributed by atoms with Crippen molar-refractivity contribution in [2.75, 3.05) is 6.54 Å². The van der Waals surface area contributed by atoms with Gasteiger partial charge in [0.25, 0.3) is 0 Å². The van der Waals surface area contributed by atoms with Crippen LogP contribution in [0.3, 0.4) is 0 Å². The van der Waals surface area contributed by atoms with E-state index in [2.05, 4.69) is 0 Å². The Morgan fingerprint density at radius 3 is 3.10 bits per heavy atom. The molecular formula is C15H17BN2O3. The summed E-state index contributed by atoms with van der Waals surface area (Å²) in [5.41, 5.74) is 8.79. The van der Waals surface area contributed by atoms with Crippen LogP contribution >= 0.6 is 0 Å². The molecule has 2 heterocycles. The molecule has 0 atom stereocenters. The van der Waals surface area contributed by atoms with Crippen molar-refractivity contribution in [3.63, 3.8) is 0 Å². The Balaban J connectivity index is 1.83. The van der Waals surface area contributed by atoms with E-state index in [4.69, 9.17) is 10.4 Å². The average molecular weight is 284 g/mol. The van der Waals surface area contributed by atoms with E-state index in [-0.39, 0.29) is 5.78 Å². The van der Waals surface area contributed by atoms with Crippen molar-refractivity contribution in [2.24, 2.45) is 5.73 Å². The van der Waals surface area contributed by atoms with E-state index < -0.39 is 7.12 Å². The lowest BCUT2D eigenvalue weighted by molar-refractivity contribution is 0.0981. The largest absolute Gasteiger partial charge is 0.491 e. The summed E-state index contributed by atoms with van der Waals surface area (Å²) in [5, 5.41) is 9.75. The van der Waals surface area contributed by atoms with Gasteiger partial charge in [0.15, 0.2) is 5.78 Å². The number of nitrogens with two attached hydrogens (primary N) is 1. The Labute approximate surface area is 123 Å². The van der Waals surface area contributed by atoms with Gasteiger partial charge in [-0.2, -0.15) is 0 Å². The molecule has 108 valence electrons. The maximum atomic E-state index is 12.0. The first-order valence-electron chi connectivity index (χ1n) is 7.03. The van der Waals surface area contributed by atoms with Gasteiger partial charge in [0.05, 0.1) is 6.61 Å². The zero-order chi connectivity index (χ0) is 14.8. The number of benzene rings is 1. The van der Waals surface area contributed by atoms with Crippen molar-refractivity contribution in [1.29, 1.82) is 0 Å². The lowest BCUT2D eigenvalue weighted by atomic mass is 9.79. The van der Waals surface area contributed by atoms with Crippen molar-refractivity contribution in [3.05, 3.63) is 47.8 Å². The van der Waals surface area contributed by atoms with E-state index in [1.807, 2.05) is 35.2 Å². The van der Waals surface area contributed by atoms with E-state index in [0.717, 1.165) is 16.7 Å². The number of Topliss-reactive ketones (excluding diaryl/α,β-unsaturated/α-hetero) is 1. The lowest BCUT2D eigenvalue weighted by Gasteiger charge is -2.05. The van der Waals surface area contributed by atoms with E-state index >= 15 is 0 Å². The molecule has 0 saturated carbocycles. The minimum absolute atomic E-state index is 0.101. The number of carbonyl (C=O) groups excluding carboxylic acids is 1. The van der Waals surface area contributed by atoms with Gasteiger partial charge in [-0.25, -0.2) is 0 Å². The Morgan fingerprint density at radius 1 is 1.43 bits per heavy atom. The van der Waals surface area contributed by atoms with Gasteiger partial charge in [-0.3, -0.25) is 4.79 Å². The fourth-order valence-electron chi connectivity index (χ4n) is 2.49. The zero-order valence-electron chi connectivity index (χ0n) is 11.7. The predicted molar refractivity (Wildman–Crippen MR) is 80.8 cm³/mol. The van der Waals surface area contributed by atoms with Crippen LogP contribution in [0.25, 0.3) is 5.69 Å². The molecule has 6 heteroatoms. The number of carbonyl (C=O) groups is 1. The monoisotopic (exact) mass is 284 g/mol. The molecular weight excluding hydrogens is 267 g/mol. The number of fused-ring (bicyclic) bond motifs is 1. The van der Waals surface area contributed by atoms with Crippen molar-refractivity contribution in [1.82, 2.24) is 4.57 Å². The molecule has 3 N–H and O–H groups in total. The SMILES string of the molecule is NCCCC(=O)c1ccn(-c2ccc3c(c2)B(O)OC3)c1. The summed E-state index contributed by atoms with van der Waals surface area (Å²) in [6.07, 6.45) is 4.83. The fraction of sp³-hybridized carbons (Fsp3) is 0.267. The quantitative estimate of drug-likeness (QED) is 0.623. The van der Waals surface area contributed by atoms with Gasteiger partial charge in [0.1, 0.15) is 0 Å². The van der Waals surface area contributed by atoms with Crippen LogP contribution in [0.2, 0.25) is 0 Å². The van der Waals surface area contributed by atoms with Crippen LogP contribution in [0, 0.1) is 0 Å². The molecule has 1 aliphatic rings. The molecule has 3 rings (SSSR count). The molecule has 5 nitrogen and oxygen atoms in total. The van der Waals surface area contributed by atoms with Gasteiger partial charge in [-0.15, -0.1) is 0 Å². The molecule has 1 aromatic carbocycles. The Hall–Kier alpha value is -1.89. The lowest BCUT2D eigenvalue weighted by Crippen LogP contribution is -2.28. The van der Waals surface area contributed by atoms with Gasteiger partial charge < -0.3 is 20.0 Å². The van der Waals surface area contributed by atoms with E-state index in [9.17, 15) is 9.82 Å². The summed E-state index contributed by atoms with van der Waals surface area (Å²) < 4.78 is 7.06. The number of ketones is 1. The second kappa shape index (κ2) is 5.85. The van der Waals surface area contributed by atoms with Gasteiger partial charge >= 0.3 is 7.12 Å². The molecule has 1 aromatic heterocycles. The molecule has 0 saturated heterocycles. The second-order valence-electron chi connectivity index (χ2n) is 5.17. The summed E-state index contributed by atoms with van der Waals surface area (Å²) in [6, 6.07) is 7.59. The number of aromatic nitrogens is 1. The highest BCUT2D eigenvalue weighted by Gasteiger charge is 2.27. The van der Waals surface area contributed by atoms with Crippen molar-refractivity contribution >= 4 is 18.4 Å².